The minimum Gasteiger partial charge on any atom is -0.431 e. The molecule has 0 radical (unpaired) electrons. The van der Waals surface area contributed by atoms with Crippen molar-refractivity contribution in [2.24, 2.45) is 0 Å². The molecule has 0 aliphatic heterocycles. The van der Waals surface area contributed by atoms with Gasteiger partial charge in [-0.3, -0.25) is 4.79 Å². The molecule has 118 valence electrons. The zero-order chi connectivity index (χ0) is 16.2. The van der Waals surface area contributed by atoms with Gasteiger partial charge in [-0.15, -0.1) is 0 Å². The summed E-state index contributed by atoms with van der Waals surface area (Å²) in [6.45, 7) is 3.93. The van der Waals surface area contributed by atoms with Crippen LogP contribution in [0, 0.1) is 6.92 Å². The number of carbonyl (C=O) groups excluding carboxylic acids is 1. The first kappa shape index (κ1) is 15.7. The summed E-state index contributed by atoms with van der Waals surface area (Å²) in [6.07, 6.45) is 2.00. The zero-order valence-corrected chi connectivity index (χ0v) is 14.2. The fraction of sp³-hybridized carbons (Fsp3) is 0.263. The molecule has 0 amide bonds. The van der Waals surface area contributed by atoms with Gasteiger partial charge in [0.1, 0.15) is 11.5 Å². The second-order valence-electron chi connectivity index (χ2n) is 5.54. The Bertz CT molecular complexity index is 805. The molecule has 0 saturated heterocycles. The summed E-state index contributed by atoms with van der Waals surface area (Å²) in [4.78, 5) is 15.9. The molecule has 1 heterocycles. The minimum atomic E-state index is 0.303. The Morgan fingerprint density at radius 1 is 1.22 bits per heavy atom. The quantitative estimate of drug-likeness (QED) is 0.616. The summed E-state index contributed by atoms with van der Waals surface area (Å²) < 4.78 is 7.06. The molecule has 23 heavy (non-hydrogen) atoms. The number of benzene rings is 2. The predicted molar refractivity (Wildman–Crippen MR) is 94.5 cm³/mol. The number of fused-ring (bicyclic) bond motifs is 1. The number of hydrogen-bond donors (Lipinski definition) is 0. The van der Waals surface area contributed by atoms with Crippen LogP contribution in [0.5, 0.6) is 10.9 Å². The lowest BCUT2D eigenvalue weighted by atomic mass is 10.0. The third-order valence-electron chi connectivity index (χ3n) is 3.80. The predicted octanol–water partition coefficient (Wildman–Crippen LogP) is 5.31. The molecule has 0 spiro atoms. The number of carbonyl (C=O) groups is 1. The number of ether oxygens (including phenoxy) is 1. The Morgan fingerprint density at radius 2 is 2.04 bits per heavy atom. The summed E-state index contributed by atoms with van der Waals surface area (Å²) in [7, 11) is 0. The zero-order valence-electron chi connectivity index (χ0n) is 13.3. The molecule has 0 aliphatic rings. The largest absolute Gasteiger partial charge is 0.431 e. The van der Waals surface area contributed by atoms with Gasteiger partial charge < -0.3 is 4.74 Å². The van der Waals surface area contributed by atoms with Crippen molar-refractivity contribution in [1.29, 1.82) is 0 Å². The van der Waals surface area contributed by atoms with Gasteiger partial charge in [-0.2, -0.15) is 0 Å². The first-order chi connectivity index (χ1) is 11.2. The molecular formula is C19H19NO2S. The van der Waals surface area contributed by atoms with Crippen molar-refractivity contribution in [3.8, 4) is 10.9 Å². The highest BCUT2D eigenvalue weighted by Gasteiger charge is 2.08. The van der Waals surface area contributed by atoms with Gasteiger partial charge in [0.05, 0.1) is 10.2 Å². The van der Waals surface area contributed by atoms with Crippen molar-refractivity contribution in [2.75, 3.05) is 0 Å². The van der Waals surface area contributed by atoms with Gasteiger partial charge in [0, 0.05) is 12.8 Å². The molecule has 0 aliphatic carbocycles. The summed E-state index contributed by atoms with van der Waals surface area (Å²) >= 11 is 1.54. The van der Waals surface area contributed by atoms with Crippen molar-refractivity contribution < 1.29 is 9.53 Å². The average Bonchev–Trinajstić information content (AvgIpc) is 2.97. The van der Waals surface area contributed by atoms with E-state index in [4.69, 9.17) is 4.74 Å². The number of Topliss-reactive ketones (excluding diaryl/α,β-unsaturated/α-hetero) is 1. The smallest absolute Gasteiger partial charge is 0.279 e. The lowest BCUT2D eigenvalue weighted by Crippen LogP contribution is -1.98. The SMILES string of the molecule is CCC(=O)CCc1ccc(Oc2nc3ccccc3s2)c(C)c1. The minimum absolute atomic E-state index is 0.303. The van der Waals surface area contributed by atoms with Crippen LogP contribution in [0.3, 0.4) is 0 Å². The third kappa shape index (κ3) is 3.77. The molecule has 0 fully saturated rings. The van der Waals surface area contributed by atoms with E-state index in [1.165, 1.54) is 5.56 Å². The highest BCUT2D eigenvalue weighted by molar-refractivity contribution is 7.20. The van der Waals surface area contributed by atoms with Crippen LogP contribution in [-0.2, 0) is 11.2 Å². The Morgan fingerprint density at radius 3 is 2.78 bits per heavy atom. The molecule has 2 aromatic carbocycles. The summed E-state index contributed by atoms with van der Waals surface area (Å²) in [5.74, 6) is 1.12. The molecule has 3 rings (SSSR count). The molecule has 0 N–H and O–H groups in total. The van der Waals surface area contributed by atoms with E-state index < -0.39 is 0 Å². The van der Waals surface area contributed by atoms with Gasteiger partial charge in [0.2, 0.25) is 0 Å². The van der Waals surface area contributed by atoms with E-state index in [1.54, 1.807) is 11.3 Å². The fourth-order valence-corrected chi connectivity index (χ4v) is 3.26. The number of thiazole rings is 1. The summed E-state index contributed by atoms with van der Waals surface area (Å²) in [5.41, 5.74) is 3.19. The van der Waals surface area contributed by atoms with E-state index in [0.717, 1.165) is 28.0 Å². The molecule has 1 aromatic heterocycles. The average molecular weight is 325 g/mol. The summed E-state index contributed by atoms with van der Waals surface area (Å²) in [5, 5.41) is 0.656. The Kier molecular flexibility index (Phi) is 4.72. The van der Waals surface area contributed by atoms with Crippen molar-refractivity contribution in [3.05, 3.63) is 53.6 Å². The van der Waals surface area contributed by atoms with Crippen LogP contribution in [0.2, 0.25) is 0 Å². The van der Waals surface area contributed by atoms with Crippen LogP contribution in [0.25, 0.3) is 10.2 Å². The van der Waals surface area contributed by atoms with Crippen molar-refractivity contribution in [3.63, 3.8) is 0 Å². The van der Waals surface area contributed by atoms with E-state index in [0.29, 0.717) is 23.8 Å². The highest BCUT2D eigenvalue weighted by Crippen LogP contribution is 2.32. The van der Waals surface area contributed by atoms with Crippen LogP contribution in [0.4, 0.5) is 0 Å². The van der Waals surface area contributed by atoms with Crippen LogP contribution < -0.4 is 4.74 Å². The van der Waals surface area contributed by atoms with E-state index in [9.17, 15) is 4.79 Å². The van der Waals surface area contributed by atoms with Gasteiger partial charge in [0.25, 0.3) is 5.19 Å². The molecule has 3 nitrogen and oxygen atoms in total. The Labute approximate surface area is 139 Å². The molecule has 0 unspecified atom stereocenters. The van der Waals surface area contributed by atoms with Crippen molar-refractivity contribution in [2.45, 2.75) is 33.1 Å². The van der Waals surface area contributed by atoms with E-state index in [2.05, 4.69) is 11.1 Å². The number of aryl methyl sites for hydroxylation is 2. The molecule has 0 saturated carbocycles. The maximum absolute atomic E-state index is 11.4. The van der Waals surface area contributed by atoms with Crippen LogP contribution in [0.15, 0.2) is 42.5 Å². The van der Waals surface area contributed by atoms with Gasteiger partial charge >= 0.3 is 0 Å². The lowest BCUT2D eigenvalue weighted by molar-refractivity contribution is -0.118. The van der Waals surface area contributed by atoms with E-state index >= 15 is 0 Å². The summed E-state index contributed by atoms with van der Waals surface area (Å²) in [6, 6.07) is 14.1. The van der Waals surface area contributed by atoms with Crippen LogP contribution in [-0.4, -0.2) is 10.8 Å². The molecular weight excluding hydrogens is 306 g/mol. The molecule has 4 heteroatoms. The van der Waals surface area contributed by atoms with Gasteiger partial charge in [-0.25, -0.2) is 4.98 Å². The van der Waals surface area contributed by atoms with E-state index in [-0.39, 0.29) is 0 Å². The monoisotopic (exact) mass is 325 g/mol. The fourth-order valence-electron chi connectivity index (χ4n) is 2.43. The highest BCUT2D eigenvalue weighted by atomic mass is 32.1. The number of para-hydroxylation sites is 1. The van der Waals surface area contributed by atoms with Gasteiger partial charge in [0.15, 0.2) is 0 Å². The first-order valence-corrected chi connectivity index (χ1v) is 8.62. The second-order valence-corrected chi connectivity index (χ2v) is 6.53. The first-order valence-electron chi connectivity index (χ1n) is 7.80. The number of nitrogens with zero attached hydrogens (tertiary/aromatic N) is 1. The topological polar surface area (TPSA) is 39.2 Å². The normalized spacial score (nSPS) is 10.9. The third-order valence-corrected chi connectivity index (χ3v) is 4.71. The molecule has 0 atom stereocenters. The standard InChI is InChI=1S/C19H19NO2S/c1-3-15(21)10-8-14-9-11-17(13(2)12-14)22-19-20-16-6-4-5-7-18(16)23-19/h4-7,9,11-12H,3,8,10H2,1-2H3. The number of ketones is 1. The van der Waals surface area contributed by atoms with Gasteiger partial charge in [-0.1, -0.05) is 42.5 Å². The lowest BCUT2D eigenvalue weighted by Gasteiger charge is -2.08. The Balaban J connectivity index is 1.74. The second kappa shape index (κ2) is 6.92. The van der Waals surface area contributed by atoms with Crippen molar-refractivity contribution >= 4 is 27.3 Å². The van der Waals surface area contributed by atoms with Gasteiger partial charge in [-0.05, 0) is 42.7 Å². The van der Waals surface area contributed by atoms with Crippen molar-refractivity contribution in [1.82, 2.24) is 4.98 Å². The maximum atomic E-state index is 11.4. The maximum Gasteiger partial charge on any atom is 0.279 e. The molecule has 3 aromatic rings. The van der Waals surface area contributed by atoms with Crippen LogP contribution in [0.1, 0.15) is 30.9 Å². The van der Waals surface area contributed by atoms with Crippen LogP contribution >= 0.6 is 11.3 Å². The number of rotatable bonds is 6. The molecule has 0 bridgehead atoms. The number of hydrogen-bond acceptors (Lipinski definition) is 4. The van der Waals surface area contributed by atoms with E-state index in [1.807, 2.05) is 50.2 Å². The Hall–Kier alpha value is -2.20. The number of aromatic nitrogens is 1.